The van der Waals surface area contributed by atoms with Crippen molar-refractivity contribution >= 4 is 8.46 Å². The van der Waals surface area contributed by atoms with Gasteiger partial charge in [-0.15, -0.1) is 0 Å². The molecule has 0 amide bonds. The topological polar surface area (TPSA) is 17.1 Å². The van der Waals surface area contributed by atoms with Crippen molar-refractivity contribution in [3.8, 4) is 0 Å². The van der Waals surface area contributed by atoms with E-state index in [1.807, 2.05) is 6.92 Å². The van der Waals surface area contributed by atoms with Crippen molar-refractivity contribution in [3.05, 3.63) is 0 Å². The van der Waals surface area contributed by atoms with Crippen LogP contribution in [0.1, 0.15) is 6.92 Å². The standard InChI is InChI=1S/C2H7OP.2FH/c1-2-4-3;;/h2,4H2,1H3;2*1H. The van der Waals surface area contributed by atoms with Crippen LogP contribution in [-0.4, -0.2) is 6.16 Å². The van der Waals surface area contributed by atoms with E-state index in [9.17, 15) is 4.57 Å². The summed E-state index contributed by atoms with van der Waals surface area (Å²) in [7, 11) is -0.468. The number of halogens is 2. The molecule has 0 N–H and O–H groups in total. The van der Waals surface area contributed by atoms with E-state index in [0.29, 0.717) is 0 Å². The van der Waals surface area contributed by atoms with Crippen molar-refractivity contribution < 1.29 is 14.0 Å². The fourth-order valence-corrected chi connectivity index (χ4v) is 0. The molecule has 0 saturated heterocycles. The second-order valence-electron chi connectivity index (χ2n) is 0.575. The van der Waals surface area contributed by atoms with Gasteiger partial charge in [-0.2, -0.15) is 0 Å². The SMILES string of the molecule is CC[PH2]=O.F.F. The Morgan fingerprint density at radius 3 is 1.67 bits per heavy atom. The monoisotopic (exact) mass is 118 g/mol. The third-order valence-electron chi connectivity index (χ3n) is 0.167. The molecule has 1 atom stereocenters. The molecular formula is C2H9F2OP. The van der Waals surface area contributed by atoms with Gasteiger partial charge in [0.05, 0.1) is 8.46 Å². The molecular weight excluding hydrogens is 109 g/mol. The molecule has 1 unspecified atom stereocenters. The maximum absolute atomic E-state index is 9.38. The molecule has 0 aliphatic rings. The minimum absolute atomic E-state index is 0. The van der Waals surface area contributed by atoms with Gasteiger partial charge in [0.1, 0.15) is 0 Å². The third-order valence-corrected chi connectivity index (χ3v) is 0.500. The molecule has 1 nitrogen and oxygen atoms in total. The molecule has 0 rings (SSSR count). The predicted octanol–water partition coefficient (Wildman–Crippen LogP) is 1.07. The van der Waals surface area contributed by atoms with Crippen LogP contribution in [0.4, 0.5) is 9.41 Å². The molecule has 0 aliphatic carbocycles. The molecule has 0 saturated carbocycles. The Bertz CT molecular complexity index is 25.5. The average molecular weight is 118 g/mol. The lowest BCUT2D eigenvalue weighted by molar-refractivity contribution is 0.599. The molecule has 0 aromatic rings. The number of hydrogen-bond donors (Lipinski definition) is 0. The highest BCUT2D eigenvalue weighted by Crippen LogP contribution is 1.82. The first-order valence-electron chi connectivity index (χ1n) is 1.35. The minimum Gasteiger partial charge on any atom is -0.330 e. The van der Waals surface area contributed by atoms with E-state index in [4.69, 9.17) is 0 Å². The lowest BCUT2D eigenvalue weighted by Gasteiger charge is -1.53. The Morgan fingerprint density at radius 1 is 1.50 bits per heavy atom. The van der Waals surface area contributed by atoms with Crippen LogP contribution in [0, 0.1) is 0 Å². The zero-order valence-electron chi connectivity index (χ0n) is 3.51. The van der Waals surface area contributed by atoms with Crippen LogP contribution in [0.15, 0.2) is 0 Å². The van der Waals surface area contributed by atoms with E-state index >= 15 is 0 Å². The molecule has 6 heavy (non-hydrogen) atoms. The first kappa shape index (κ1) is 16.5. The van der Waals surface area contributed by atoms with Crippen LogP contribution >= 0.6 is 8.46 Å². The summed E-state index contributed by atoms with van der Waals surface area (Å²) in [6.07, 6.45) is 0.847. The molecule has 0 heterocycles. The largest absolute Gasteiger partial charge is 0.330 e. The van der Waals surface area contributed by atoms with Crippen molar-refractivity contribution in [2.24, 2.45) is 0 Å². The minimum atomic E-state index is -0.468. The predicted molar refractivity (Wildman–Crippen MR) is 25.9 cm³/mol. The van der Waals surface area contributed by atoms with E-state index in [1.165, 1.54) is 0 Å². The highest BCUT2D eigenvalue weighted by Gasteiger charge is 1.50. The molecule has 0 fully saturated rings. The summed E-state index contributed by atoms with van der Waals surface area (Å²) in [5.41, 5.74) is 0. The zero-order valence-corrected chi connectivity index (χ0v) is 4.66. The lowest BCUT2D eigenvalue weighted by atomic mass is 11.0. The van der Waals surface area contributed by atoms with Gasteiger partial charge >= 0.3 is 0 Å². The zero-order chi connectivity index (χ0) is 3.41. The van der Waals surface area contributed by atoms with Gasteiger partial charge in [0, 0.05) is 0 Å². The summed E-state index contributed by atoms with van der Waals surface area (Å²) in [5, 5.41) is 0. The summed E-state index contributed by atoms with van der Waals surface area (Å²) in [5.74, 6) is 0. The van der Waals surface area contributed by atoms with Crippen LogP contribution < -0.4 is 0 Å². The highest BCUT2D eigenvalue weighted by molar-refractivity contribution is 7.23. The first-order chi connectivity index (χ1) is 1.91. The Kier molecular flexibility index (Phi) is 53.7. The van der Waals surface area contributed by atoms with Crippen LogP contribution in [-0.2, 0) is 4.57 Å². The Labute approximate surface area is 36.7 Å². The smallest absolute Gasteiger partial charge is 0.0642 e. The average Bonchev–Trinajstić information content (AvgIpc) is 1.37. The quantitative estimate of drug-likeness (QED) is 0.470. The first-order valence-corrected chi connectivity index (χ1v) is 2.64. The Balaban J connectivity index is -0.0000000450. The lowest BCUT2D eigenvalue weighted by Crippen LogP contribution is -1.39. The molecule has 42 valence electrons. The number of hydrogen-bond acceptors (Lipinski definition) is 1. The maximum Gasteiger partial charge on any atom is 0.0642 e. The van der Waals surface area contributed by atoms with Crippen molar-refractivity contribution in [3.63, 3.8) is 0 Å². The van der Waals surface area contributed by atoms with E-state index in [-0.39, 0.29) is 9.41 Å². The van der Waals surface area contributed by atoms with Crippen LogP contribution in [0.2, 0.25) is 0 Å². The van der Waals surface area contributed by atoms with Gasteiger partial charge in [-0.3, -0.25) is 9.41 Å². The normalized spacial score (nSPS) is 6.83. The van der Waals surface area contributed by atoms with Crippen LogP contribution in [0.3, 0.4) is 0 Å². The van der Waals surface area contributed by atoms with Crippen molar-refractivity contribution in [2.45, 2.75) is 6.92 Å². The van der Waals surface area contributed by atoms with Gasteiger partial charge in [-0.1, -0.05) is 6.92 Å². The highest BCUT2D eigenvalue weighted by atomic mass is 31.1. The van der Waals surface area contributed by atoms with Gasteiger partial charge < -0.3 is 4.57 Å². The fraction of sp³-hybridized carbons (Fsp3) is 1.00. The molecule has 4 heteroatoms. The number of rotatable bonds is 1. The van der Waals surface area contributed by atoms with Gasteiger partial charge in [-0.25, -0.2) is 0 Å². The van der Waals surface area contributed by atoms with Crippen LogP contribution in [0.25, 0.3) is 0 Å². The second kappa shape index (κ2) is 19.5. The van der Waals surface area contributed by atoms with E-state index in [1.54, 1.807) is 0 Å². The fourth-order valence-electron chi connectivity index (χ4n) is 0. The van der Waals surface area contributed by atoms with Gasteiger partial charge in [0.25, 0.3) is 0 Å². The molecule has 0 aromatic heterocycles. The third kappa shape index (κ3) is 32.9. The van der Waals surface area contributed by atoms with E-state index < -0.39 is 8.46 Å². The summed E-state index contributed by atoms with van der Waals surface area (Å²) in [4.78, 5) is 0. The summed E-state index contributed by atoms with van der Waals surface area (Å²) in [6, 6.07) is 0. The van der Waals surface area contributed by atoms with Gasteiger partial charge in [-0.05, 0) is 6.16 Å². The van der Waals surface area contributed by atoms with E-state index in [0.717, 1.165) is 6.16 Å². The Morgan fingerprint density at radius 2 is 1.67 bits per heavy atom. The molecule has 0 spiro atoms. The Hall–Kier alpha value is 0.0900. The maximum atomic E-state index is 9.38. The van der Waals surface area contributed by atoms with Crippen molar-refractivity contribution in [2.75, 3.05) is 6.16 Å². The van der Waals surface area contributed by atoms with Gasteiger partial charge in [0.15, 0.2) is 0 Å². The molecule has 0 radical (unpaired) electrons. The van der Waals surface area contributed by atoms with Crippen molar-refractivity contribution in [1.82, 2.24) is 0 Å². The van der Waals surface area contributed by atoms with Crippen LogP contribution in [0.5, 0.6) is 0 Å². The molecule has 0 bridgehead atoms. The van der Waals surface area contributed by atoms with E-state index in [2.05, 4.69) is 0 Å². The summed E-state index contributed by atoms with van der Waals surface area (Å²) in [6.45, 7) is 1.91. The molecule has 0 aliphatic heterocycles. The summed E-state index contributed by atoms with van der Waals surface area (Å²) < 4.78 is 9.38. The molecule has 0 aromatic carbocycles. The van der Waals surface area contributed by atoms with Crippen molar-refractivity contribution in [1.29, 1.82) is 0 Å². The van der Waals surface area contributed by atoms with Gasteiger partial charge in [0.2, 0.25) is 0 Å². The summed E-state index contributed by atoms with van der Waals surface area (Å²) >= 11 is 0. The second-order valence-corrected chi connectivity index (χ2v) is 1.72.